The van der Waals surface area contributed by atoms with Gasteiger partial charge in [0.15, 0.2) is 0 Å². The normalized spacial score (nSPS) is 12.4. The van der Waals surface area contributed by atoms with Crippen LogP contribution in [0.5, 0.6) is 0 Å². The van der Waals surface area contributed by atoms with Crippen molar-refractivity contribution in [2.24, 2.45) is 5.73 Å². The number of hydrogen-bond acceptors (Lipinski definition) is 3. The molecule has 5 heteroatoms. The van der Waals surface area contributed by atoms with Crippen molar-refractivity contribution in [1.29, 1.82) is 0 Å². The summed E-state index contributed by atoms with van der Waals surface area (Å²) in [5.41, 5.74) is 7.13. The molecule has 0 aliphatic heterocycles. The summed E-state index contributed by atoms with van der Waals surface area (Å²) in [4.78, 5) is 5.48. The number of rotatable bonds is 4. The van der Waals surface area contributed by atoms with Gasteiger partial charge in [-0.2, -0.15) is 0 Å². The predicted molar refractivity (Wildman–Crippen MR) is 84.9 cm³/mol. The highest BCUT2D eigenvalue weighted by atomic mass is 79.9. The van der Waals surface area contributed by atoms with Gasteiger partial charge in [-0.15, -0.1) is 0 Å². The van der Waals surface area contributed by atoms with Gasteiger partial charge in [-0.05, 0) is 43.2 Å². The lowest BCUT2D eigenvalue weighted by molar-refractivity contribution is 0.729. The quantitative estimate of drug-likeness (QED) is 0.873. The Labute approximate surface area is 130 Å². The van der Waals surface area contributed by atoms with Gasteiger partial charge in [0, 0.05) is 21.6 Å². The maximum atomic E-state index is 5.89. The van der Waals surface area contributed by atoms with E-state index in [-0.39, 0.29) is 6.04 Å². The van der Waals surface area contributed by atoms with Gasteiger partial charge in [0.1, 0.15) is 5.03 Å². The molecule has 19 heavy (non-hydrogen) atoms. The van der Waals surface area contributed by atoms with E-state index < -0.39 is 0 Å². The number of pyridine rings is 1. The van der Waals surface area contributed by atoms with Crippen LogP contribution >= 0.6 is 39.3 Å². The molecule has 100 valence electrons. The summed E-state index contributed by atoms with van der Waals surface area (Å²) in [7, 11) is 0. The van der Waals surface area contributed by atoms with Crippen molar-refractivity contribution >= 4 is 39.3 Å². The third-order valence-electron chi connectivity index (χ3n) is 2.49. The van der Waals surface area contributed by atoms with Crippen LogP contribution in [0.4, 0.5) is 0 Å². The van der Waals surface area contributed by atoms with Gasteiger partial charge in [-0.1, -0.05) is 45.4 Å². The van der Waals surface area contributed by atoms with Gasteiger partial charge in [-0.3, -0.25) is 0 Å². The van der Waals surface area contributed by atoms with E-state index in [1.807, 2.05) is 25.1 Å². The molecule has 1 unspecified atom stereocenters. The lowest BCUT2D eigenvalue weighted by atomic mass is 10.1. The Morgan fingerprint density at radius 3 is 2.79 bits per heavy atom. The van der Waals surface area contributed by atoms with Crippen LogP contribution in [-0.4, -0.2) is 11.0 Å². The molecule has 2 nitrogen and oxygen atoms in total. The van der Waals surface area contributed by atoms with Gasteiger partial charge in [0.05, 0.1) is 5.02 Å². The van der Waals surface area contributed by atoms with Crippen molar-refractivity contribution in [3.8, 4) is 0 Å². The fraction of sp³-hybridized carbons (Fsp3) is 0.214. The van der Waals surface area contributed by atoms with Crippen molar-refractivity contribution in [3.05, 3.63) is 51.6 Å². The van der Waals surface area contributed by atoms with E-state index in [4.69, 9.17) is 17.3 Å². The summed E-state index contributed by atoms with van der Waals surface area (Å²) in [5.74, 6) is 0. The molecule has 1 aromatic heterocycles. The fourth-order valence-electron chi connectivity index (χ4n) is 1.67. The zero-order chi connectivity index (χ0) is 13.8. The van der Waals surface area contributed by atoms with Gasteiger partial charge >= 0.3 is 0 Å². The molecule has 0 amide bonds. The molecule has 2 N–H and O–H groups in total. The molecule has 0 saturated carbocycles. The van der Waals surface area contributed by atoms with E-state index in [1.54, 1.807) is 18.0 Å². The Bertz CT molecular complexity index is 558. The number of halogens is 2. The zero-order valence-corrected chi connectivity index (χ0v) is 13.6. The first kappa shape index (κ1) is 14.9. The molecule has 0 aliphatic carbocycles. The van der Waals surface area contributed by atoms with Crippen LogP contribution in [0.3, 0.4) is 0 Å². The molecular formula is C14H14BrClN2S. The Morgan fingerprint density at radius 1 is 1.37 bits per heavy atom. The summed E-state index contributed by atoms with van der Waals surface area (Å²) in [6.07, 6.45) is 2.51. The summed E-state index contributed by atoms with van der Waals surface area (Å²) in [6, 6.07) is 10.1. The van der Waals surface area contributed by atoms with Crippen LogP contribution in [0.1, 0.15) is 12.5 Å². The third kappa shape index (κ3) is 4.49. The number of aromatic nitrogens is 1. The Hall–Kier alpha value is -0.550. The lowest BCUT2D eigenvalue weighted by Crippen LogP contribution is -2.18. The molecule has 0 fully saturated rings. The van der Waals surface area contributed by atoms with Crippen molar-refractivity contribution in [2.75, 3.05) is 0 Å². The zero-order valence-electron chi connectivity index (χ0n) is 10.4. The molecule has 0 spiro atoms. The van der Waals surface area contributed by atoms with Gasteiger partial charge in [0.25, 0.3) is 0 Å². The number of nitrogens with two attached hydrogens (primary N) is 1. The second-order valence-corrected chi connectivity index (χ2v) is 6.76. The molecular weight excluding hydrogens is 344 g/mol. The average molecular weight is 358 g/mol. The monoisotopic (exact) mass is 356 g/mol. The van der Waals surface area contributed by atoms with Crippen LogP contribution in [0.15, 0.2) is 50.9 Å². The average Bonchev–Trinajstić information content (AvgIpc) is 2.35. The summed E-state index contributed by atoms with van der Waals surface area (Å²) in [6.45, 7) is 2.01. The largest absolute Gasteiger partial charge is 0.328 e. The first-order chi connectivity index (χ1) is 9.04. The molecule has 0 radical (unpaired) electrons. The minimum Gasteiger partial charge on any atom is -0.328 e. The molecule has 0 saturated heterocycles. The second-order valence-electron chi connectivity index (χ2n) is 4.35. The van der Waals surface area contributed by atoms with Gasteiger partial charge < -0.3 is 5.73 Å². The SMILES string of the molecule is CC(N)Cc1ccc(Br)cc1Sc1ccc(Cl)cn1. The van der Waals surface area contributed by atoms with Crippen LogP contribution in [-0.2, 0) is 6.42 Å². The van der Waals surface area contributed by atoms with E-state index >= 15 is 0 Å². The van der Waals surface area contributed by atoms with E-state index in [0.717, 1.165) is 15.9 Å². The van der Waals surface area contributed by atoms with E-state index in [0.29, 0.717) is 5.02 Å². The molecule has 2 aromatic rings. The minimum atomic E-state index is 0.138. The standard InChI is InChI=1S/C14H14BrClN2S/c1-9(17)6-10-2-3-11(15)7-13(10)19-14-5-4-12(16)8-18-14/h2-5,7-9H,6,17H2,1H3. The van der Waals surface area contributed by atoms with Crippen molar-refractivity contribution in [1.82, 2.24) is 4.98 Å². The lowest BCUT2D eigenvalue weighted by Gasteiger charge is -2.11. The maximum absolute atomic E-state index is 5.89. The molecule has 1 atom stereocenters. The van der Waals surface area contributed by atoms with Crippen LogP contribution in [0.2, 0.25) is 5.02 Å². The highest BCUT2D eigenvalue weighted by molar-refractivity contribution is 9.10. The molecule has 1 aromatic carbocycles. The molecule has 0 aliphatic rings. The summed E-state index contributed by atoms with van der Waals surface area (Å²) >= 11 is 11.0. The topological polar surface area (TPSA) is 38.9 Å². The molecule has 1 heterocycles. The summed E-state index contributed by atoms with van der Waals surface area (Å²) in [5, 5.41) is 1.57. The van der Waals surface area contributed by atoms with Crippen molar-refractivity contribution in [2.45, 2.75) is 29.3 Å². The molecule has 2 rings (SSSR count). The van der Waals surface area contributed by atoms with Crippen LogP contribution in [0.25, 0.3) is 0 Å². The van der Waals surface area contributed by atoms with Gasteiger partial charge in [0.2, 0.25) is 0 Å². The Morgan fingerprint density at radius 2 is 2.16 bits per heavy atom. The Kier molecular flexibility index (Phi) is 5.28. The smallest absolute Gasteiger partial charge is 0.101 e. The van der Waals surface area contributed by atoms with Crippen molar-refractivity contribution in [3.63, 3.8) is 0 Å². The summed E-state index contributed by atoms with van der Waals surface area (Å²) < 4.78 is 1.05. The number of hydrogen-bond donors (Lipinski definition) is 1. The van der Waals surface area contributed by atoms with Crippen molar-refractivity contribution < 1.29 is 0 Å². The van der Waals surface area contributed by atoms with Crippen LogP contribution in [0, 0.1) is 0 Å². The first-order valence-electron chi connectivity index (χ1n) is 5.88. The number of nitrogens with zero attached hydrogens (tertiary/aromatic N) is 1. The number of benzene rings is 1. The minimum absolute atomic E-state index is 0.138. The van der Waals surface area contributed by atoms with E-state index in [1.165, 1.54) is 10.5 Å². The second kappa shape index (κ2) is 6.75. The predicted octanol–water partition coefficient (Wildman–Crippen LogP) is 4.54. The van der Waals surface area contributed by atoms with Gasteiger partial charge in [-0.25, -0.2) is 4.98 Å². The Balaban J connectivity index is 2.27. The van der Waals surface area contributed by atoms with E-state index in [9.17, 15) is 0 Å². The van der Waals surface area contributed by atoms with E-state index in [2.05, 4.69) is 33.0 Å². The highest BCUT2D eigenvalue weighted by Gasteiger charge is 2.08. The fourth-order valence-corrected chi connectivity index (χ4v) is 3.23. The highest BCUT2D eigenvalue weighted by Crippen LogP contribution is 2.32. The molecule has 0 bridgehead atoms. The van der Waals surface area contributed by atoms with Crippen LogP contribution < -0.4 is 5.73 Å². The first-order valence-corrected chi connectivity index (χ1v) is 7.87. The third-order valence-corrected chi connectivity index (χ3v) is 4.25. The maximum Gasteiger partial charge on any atom is 0.101 e.